The number of benzene rings is 2. The van der Waals surface area contributed by atoms with Crippen LogP contribution in [-0.4, -0.2) is 29.4 Å². The van der Waals surface area contributed by atoms with Crippen molar-refractivity contribution in [1.29, 1.82) is 0 Å². The second kappa shape index (κ2) is 8.63. The van der Waals surface area contributed by atoms with Crippen LogP contribution in [0.5, 0.6) is 0 Å². The van der Waals surface area contributed by atoms with Crippen LogP contribution in [-0.2, 0) is 11.3 Å². The van der Waals surface area contributed by atoms with Crippen molar-refractivity contribution in [2.45, 2.75) is 19.9 Å². The zero-order valence-electron chi connectivity index (χ0n) is 13.9. The molecule has 0 saturated carbocycles. The first-order valence-electron chi connectivity index (χ1n) is 7.89. The third kappa shape index (κ3) is 5.76. The van der Waals surface area contributed by atoms with E-state index in [4.69, 9.17) is 5.11 Å². The van der Waals surface area contributed by atoms with Crippen molar-refractivity contribution in [3.05, 3.63) is 70.8 Å². The lowest BCUT2D eigenvalue weighted by Crippen LogP contribution is -2.26. The van der Waals surface area contributed by atoms with Crippen molar-refractivity contribution in [3.8, 4) is 0 Å². The van der Waals surface area contributed by atoms with Crippen LogP contribution in [0, 0.1) is 6.92 Å². The van der Waals surface area contributed by atoms with E-state index < -0.39 is 5.97 Å². The van der Waals surface area contributed by atoms with Gasteiger partial charge >= 0.3 is 5.97 Å². The smallest absolute Gasteiger partial charge is 0.305 e. The molecule has 2 aromatic rings. The van der Waals surface area contributed by atoms with Crippen molar-refractivity contribution in [2.24, 2.45) is 0 Å². The van der Waals surface area contributed by atoms with Gasteiger partial charge in [0.25, 0.3) is 11.8 Å². The Balaban J connectivity index is 1.86. The maximum Gasteiger partial charge on any atom is 0.305 e. The summed E-state index contributed by atoms with van der Waals surface area (Å²) in [4.78, 5) is 34.4. The molecule has 6 nitrogen and oxygen atoms in total. The summed E-state index contributed by atoms with van der Waals surface area (Å²) in [5, 5.41) is 13.9. The number of carboxylic acid groups (broad SMARTS) is 1. The highest BCUT2D eigenvalue weighted by atomic mass is 16.4. The van der Waals surface area contributed by atoms with Gasteiger partial charge in [0.2, 0.25) is 0 Å². The number of hydrogen-bond donors (Lipinski definition) is 3. The molecule has 0 spiro atoms. The van der Waals surface area contributed by atoms with E-state index in [1.165, 1.54) is 0 Å². The summed E-state index contributed by atoms with van der Waals surface area (Å²) in [7, 11) is 0. The van der Waals surface area contributed by atoms with E-state index >= 15 is 0 Å². The Hall–Kier alpha value is -3.15. The first-order chi connectivity index (χ1) is 12.0. The minimum absolute atomic E-state index is 0.0858. The molecule has 0 aromatic heterocycles. The van der Waals surface area contributed by atoms with Gasteiger partial charge in [-0.3, -0.25) is 14.4 Å². The van der Waals surface area contributed by atoms with Gasteiger partial charge in [0.1, 0.15) is 0 Å². The normalized spacial score (nSPS) is 10.1. The van der Waals surface area contributed by atoms with Gasteiger partial charge < -0.3 is 15.7 Å². The lowest BCUT2D eigenvalue weighted by molar-refractivity contribution is -0.136. The van der Waals surface area contributed by atoms with Crippen LogP contribution in [0.25, 0.3) is 0 Å². The van der Waals surface area contributed by atoms with E-state index in [0.717, 1.165) is 11.1 Å². The van der Waals surface area contributed by atoms with E-state index in [9.17, 15) is 14.4 Å². The second-order valence-corrected chi connectivity index (χ2v) is 5.65. The maximum atomic E-state index is 12.1. The topological polar surface area (TPSA) is 95.5 Å². The fourth-order valence-electron chi connectivity index (χ4n) is 2.23. The fourth-order valence-corrected chi connectivity index (χ4v) is 2.23. The average Bonchev–Trinajstić information content (AvgIpc) is 2.59. The summed E-state index contributed by atoms with van der Waals surface area (Å²) < 4.78 is 0. The van der Waals surface area contributed by atoms with Gasteiger partial charge in [0.15, 0.2) is 0 Å². The van der Waals surface area contributed by atoms with E-state index in [-0.39, 0.29) is 24.8 Å². The average molecular weight is 340 g/mol. The molecule has 2 rings (SSSR count). The monoisotopic (exact) mass is 340 g/mol. The third-order valence-corrected chi connectivity index (χ3v) is 3.57. The van der Waals surface area contributed by atoms with Crippen LogP contribution in [0.4, 0.5) is 0 Å². The molecule has 25 heavy (non-hydrogen) atoms. The molecule has 0 aliphatic carbocycles. The van der Waals surface area contributed by atoms with Crippen molar-refractivity contribution in [3.63, 3.8) is 0 Å². The van der Waals surface area contributed by atoms with Crippen molar-refractivity contribution in [1.82, 2.24) is 10.6 Å². The summed E-state index contributed by atoms with van der Waals surface area (Å²) in [5.41, 5.74) is 2.93. The Labute approximate surface area is 145 Å². The van der Waals surface area contributed by atoms with Gasteiger partial charge in [-0.05, 0) is 36.8 Å². The highest BCUT2D eigenvalue weighted by molar-refractivity contribution is 5.95. The lowest BCUT2D eigenvalue weighted by Gasteiger charge is -2.07. The lowest BCUT2D eigenvalue weighted by atomic mass is 10.1. The van der Waals surface area contributed by atoms with Crippen molar-refractivity contribution in [2.75, 3.05) is 6.54 Å². The van der Waals surface area contributed by atoms with Crippen molar-refractivity contribution >= 4 is 17.8 Å². The summed E-state index contributed by atoms with van der Waals surface area (Å²) in [6.45, 7) is 2.37. The molecule has 2 aromatic carbocycles. The highest BCUT2D eigenvalue weighted by Gasteiger charge is 2.08. The number of aliphatic carboxylic acids is 1. The van der Waals surface area contributed by atoms with E-state index in [1.807, 2.05) is 25.1 Å². The molecule has 130 valence electrons. The zero-order valence-corrected chi connectivity index (χ0v) is 13.9. The number of rotatable bonds is 7. The Kier molecular flexibility index (Phi) is 6.28. The van der Waals surface area contributed by atoms with Crippen LogP contribution < -0.4 is 10.6 Å². The molecule has 6 heteroatoms. The van der Waals surface area contributed by atoms with Gasteiger partial charge in [-0.25, -0.2) is 0 Å². The van der Waals surface area contributed by atoms with E-state index in [2.05, 4.69) is 10.6 Å². The molecule has 0 radical (unpaired) electrons. The molecule has 3 N–H and O–H groups in total. The fraction of sp³-hybridized carbons (Fsp3) is 0.211. The summed E-state index contributed by atoms with van der Waals surface area (Å²) >= 11 is 0. The number of carbonyl (C=O) groups is 3. The largest absolute Gasteiger partial charge is 0.481 e. The van der Waals surface area contributed by atoms with Crippen LogP contribution in [0.3, 0.4) is 0 Å². The maximum absolute atomic E-state index is 12.1. The van der Waals surface area contributed by atoms with Crippen LogP contribution in [0.2, 0.25) is 0 Å². The molecule has 2 amide bonds. The zero-order chi connectivity index (χ0) is 18.2. The number of aryl methyl sites for hydroxylation is 1. The van der Waals surface area contributed by atoms with Gasteiger partial charge in [-0.1, -0.05) is 29.8 Å². The highest BCUT2D eigenvalue weighted by Crippen LogP contribution is 2.07. The molecule has 0 heterocycles. The Morgan fingerprint density at radius 3 is 2.24 bits per heavy atom. The molecule has 0 saturated heterocycles. The second-order valence-electron chi connectivity index (χ2n) is 5.65. The van der Waals surface area contributed by atoms with Gasteiger partial charge in [-0.2, -0.15) is 0 Å². The Morgan fingerprint density at radius 1 is 0.920 bits per heavy atom. The minimum atomic E-state index is -0.958. The first kappa shape index (κ1) is 18.2. The number of carbonyl (C=O) groups excluding carboxylic acids is 2. The van der Waals surface area contributed by atoms with Crippen LogP contribution in [0.1, 0.15) is 38.3 Å². The quantitative estimate of drug-likeness (QED) is 0.719. The number of carboxylic acids is 1. The number of nitrogens with one attached hydrogen (secondary N) is 2. The first-order valence-corrected chi connectivity index (χ1v) is 7.89. The van der Waals surface area contributed by atoms with Gasteiger partial charge in [0, 0.05) is 24.2 Å². The Morgan fingerprint density at radius 2 is 1.60 bits per heavy atom. The predicted octanol–water partition coefficient (Wildman–Crippen LogP) is 2.13. The van der Waals surface area contributed by atoms with Crippen LogP contribution >= 0.6 is 0 Å². The molecule has 0 atom stereocenters. The van der Waals surface area contributed by atoms with E-state index in [0.29, 0.717) is 17.7 Å². The number of amides is 2. The van der Waals surface area contributed by atoms with Gasteiger partial charge in [0.05, 0.1) is 6.42 Å². The molecule has 0 aliphatic rings. The number of hydrogen-bond acceptors (Lipinski definition) is 3. The SMILES string of the molecule is Cc1cccc(C(=O)NCc2ccc(C(=O)NCCC(=O)O)cc2)c1. The summed E-state index contributed by atoms with van der Waals surface area (Å²) in [6, 6.07) is 14.1. The minimum Gasteiger partial charge on any atom is -0.481 e. The Bertz CT molecular complexity index is 769. The molecular weight excluding hydrogens is 320 g/mol. The molecule has 0 unspecified atom stereocenters. The summed E-state index contributed by atoms with van der Waals surface area (Å²) in [5.74, 6) is -1.43. The summed E-state index contributed by atoms with van der Waals surface area (Å²) in [6.07, 6.45) is -0.116. The van der Waals surface area contributed by atoms with Crippen molar-refractivity contribution < 1.29 is 19.5 Å². The predicted molar refractivity (Wildman–Crippen MR) is 93.4 cm³/mol. The van der Waals surface area contributed by atoms with Crippen LogP contribution in [0.15, 0.2) is 48.5 Å². The molecular formula is C19H20N2O4. The molecule has 0 bridgehead atoms. The molecule has 0 aliphatic heterocycles. The molecule has 0 fully saturated rings. The van der Waals surface area contributed by atoms with E-state index in [1.54, 1.807) is 30.3 Å². The van der Waals surface area contributed by atoms with Gasteiger partial charge in [-0.15, -0.1) is 0 Å². The standard InChI is InChI=1S/C19H20N2O4/c1-13-3-2-4-16(11-13)19(25)21-12-14-5-7-15(8-6-14)18(24)20-10-9-17(22)23/h2-8,11H,9-10,12H2,1H3,(H,20,24)(H,21,25)(H,22,23). The third-order valence-electron chi connectivity index (χ3n) is 3.57.